The summed E-state index contributed by atoms with van der Waals surface area (Å²) in [4.78, 5) is 19.7. The van der Waals surface area contributed by atoms with Crippen LogP contribution in [0.5, 0.6) is 0 Å². The maximum absolute atomic E-state index is 12.4. The smallest absolute Gasteiger partial charge is 0.251 e. The van der Waals surface area contributed by atoms with Crippen molar-refractivity contribution < 1.29 is 9.21 Å². The number of nitrogens with zero attached hydrogens (tertiary/aromatic N) is 1. The Kier molecular flexibility index (Phi) is 10.6. The summed E-state index contributed by atoms with van der Waals surface area (Å²) >= 11 is 1.82. The molecular weight excluding hydrogens is 523 g/mol. The van der Waals surface area contributed by atoms with Crippen molar-refractivity contribution in [2.75, 3.05) is 6.54 Å². The number of halogens is 1. The summed E-state index contributed by atoms with van der Waals surface area (Å²) in [5.74, 6) is 1.35. The van der Waals surface area contributed by atoms with Gasteiger partial charge in [0.25, 0.3) is 5.91 Å². The van der Waals surface area contributed by atoms with Gasteiger partial charge in [-0.1, -0.05) is 19.1 Å². The molecule has 2 heterocycles. The predicted octanol–water partition coefficient (Wildman–Crippen LogP) is 4.71. The van der Waals surface area contributed by atoms with Crippen LogP contribution in [0.2, 0.25) is 0 Å². The molecule has 6 nitrogen and oxygen atoms in total. The average molecular weight is 552 g/mol. The van der Waals surface area contributed by atoms with Crippen LogP contribution in [0, 0.1) is 0 Å². The Morgan fingerprint density at radius 2 is 1.84 bits per heavy atom. The predicted molar refractivity (Wildman–Crippen MR) is 137 cm³/mol. The van der Waals surface area contributed by atoms with Gasteiger partial charge in [-0.2, -0.15) is 0 Å². The number of thiophene rings is 1. The van der Waals surface area contributed by atoms with Gasteiger partial charge in [-0.15, -0.1) is 35.3 Å². The minimum absolute atomic E-state index is 0. The van der Waals surface area contributed by atoms with Crippen molar-refractivity contribution in [1.29, 1.82) is 0 Å². The van der Waals surface area contributed by atoms with Crippen molar-refractivity contribution in [3.05, 3.63) is 81.4 Å². The first-order valence-corrected chi connectivity index (χ1v) is 11.0. The molecule has 0 saturated heterocycles. The number of carbonyl (C=O) groups excluding carboxylic acids is 1. The fourth-order valence-electron chi connectivity index (χ4n) is 2.88. The number of carbonyl (C=O) groups is 1. The van der Waals surface area contributed by atoms with E-state index in [9.17, 15) is 4.79 Å². The second-order valence-corrected chi connectivity index (χ2v) is 7.99. The van der Waals surface area contributed by atoms with Crippen LogP contribution in [-0.2, 0) is 26.1 Å². The van der Waals surface area contributed by atoms with Gasteiger partial charge in [0.15, 0.2) is 5.96 Å². The number of aliphatic imine (C=N–C) groups is 1. The zero-order valence-electron chi connectivity index (χ0n) is 17.8. The fraction of sp³-hybridized carbons (Fsp3) is 0.304. The topological polar surface area (TPSA) is 78.7 Å². The first-order valence-electron chi connectivity index (χ1n) is 10.2. The van der Waals surface area contributed by atoms with Crippen molar-refractivity contribution in [3.63, 3.8) is 0 Å². The molecule has 1 aromatic carbocycles. The molecule has 1 amide bonds. The van der Waals surface area contributed by atoms with Gasteiger partial charge in [0, 0.05) is 21.9 Å². The highest BCUT2D eigenvalue weighted by atomic mass is 127. The summed E-state index contributed by atoms with van der Waals surface area (Å²) in [5.41, 5.74) is 1.58. The summed E-state index contributed by atoms with van der Waals surface area (Å²) < 4.78 is 5.25. The van der Waals surface area contributed by atoms with Crippen LogP contribution in [0.3, 0.4) is 0 Å². The highest BCUT2D eigenvalue weighted by Crippen LogP contribution is 2.16. The van der Waals surface area contributed by atoms with E-state index in [2.05, 4.69) is 40.0 Å². The quantitative estimate of drug-likeness (QED) is 0.204. The first kappa shape index (κ1) is 24.9. The van der Waals surface area contributed by atoms with Crippen LogP contribution >= 0.6 is 35.3 Å². The number of rotatable bonds is 9. The Balaban J connectivity index is 0.00000341. The second-order valence-electron chi connectivity index (χ2n) is 6.73. The molecule has 0 aliphatic rings. The van der Waals surface area contributed by atoms with Crippen LogP contribution in [0.25, 0.3) is 0 Å². The standard InChI is InChI=1S/C23H28N4O2S.HI/c1-3-20-10-11-21(30-20)16-27-23(24-4-2)26-14-17-7-5-8-18(13-17)22(28)25-15-19-9-6-12-29-19;/h5-13H,3-4,14-16H2,1-2H3,(H,25,28)(H2,24,26,27);1H. The van der Waals surface area contributed by atoms with Crippen molar-refractivity contribution in [1.82, 2.24) is 16.0 Å². The molecule has 0 atom stereocenters. The molecule has 31 heavy (non-hydrogen) atoms. The summed E-state index contributed by atoms with van der Waals surface area (Å²) in [5, 5.41) is 9.52. The Hall–Kier alpha value is -2.33. The number of furan rings is 1. The molecule has 8 heteroatoms. The normalized spacial score (nSPS) is 11.0. The van der Waals surface area contributed by atoms with Gasteiger partial charge in [0.1, 0.15) is 5.76 Å². The molecule has 0 radical (unpaired) electrons. The lowest BCUT2D eigenvalue weighted by molar-refractivity contribution is 0.0948. The Morgan fingerprint density at radius 1 is 1.00 bits per heavy atom. The molecule has 0 spiro atoms. The molecule has 0 unspecified atom stereocenters. The summed E-state index contributed by atoms with van der Waals surface area (Å²) in [6.45, 7) is 6.59. The van der Waals surface area contributed by atoms with Gasteiger partial charge in [-0.05, 0) is 55.3 Å². The van der Waals surface area contributed by atoms with Gasteiger partial charge in [-0.3, -0.25) is 4.79 Å². The molecule has 2 aromatic heterocycles. The average Bonchev–Trinajstić information content (AvgIpc) is 3.46. The number of nitrogens with one attached hydrogen (secondary N) is 3. The van der Waals surface area contributed by atoms with E-state index in [1.807, 2.05) is 42.5 Å². The molecule has 0 bridgehead atoms. The van der Waals surface area contributed by atoms with Gasteiger partial charge >= 0.3 is 0 Å². The lowest BCUT2D eigenvalue weighted by atomic mass is 10.1. The molecule has 0 saturated carbocycles. The largest absolute Gasteiger partial charge is 0.467 e. The zero-order valence-corrected chi connectivity index (χ0v) is 21.0. The van der Waals surface area contributed by atoms with E-state index in [1.165, 1.54) is 9.75 Å². The monoisotopic (exact) mass is 552 g/mol. The molecule has 3 rings (SSSR count). The second kappa shape index (κ2) is 13.2. The van der Waals surface area contributed by atoms with E-state index < -0.39 is 0 Å². The molecule has 3 N–H and O–H groups in total. The minimum Gasteiger partial charge on any atom is -0.467 e. The van der Waals surface area contributed by atoms with E-state index in [4.69, 9.17) is 4.42 Å². The van der Waals surface area contributed by atoms with Crippen LogP contribution in [0.4, 0.5) is 0 Å². The molecule has 0 aliphatic heterocycles. The van der Waals surface area contributed by atoms with Crippen LogP contribution < -0.4 is 16.0 Å². The van der Waals surface area contributed by atoms with Crippen molar-refractivity contribution in [3.8, 4) is 0 Å². The van der Waals surface area contributed by atoms with Gasteiger partial charge in [-0.25, -0.2) is 4.99 Å². The third-order valence-electron chi connectivity index (χ3n) is 4.45. The third-order valence-corrected chi connectivity index (χ3v) is 5.68. The Labute approximate surface area is 204 Å². The van der Waals surface area contributed by atoms with E-state index >= 15 is 0 Å². The summed E-state index contributed by atoms with van der Waals surface area (Å²) in [6.07, 6.45) is 2.65. The highest BCUT2D eigenvalue weighted by Gasteiger charge is 2.07. The minimum atomic E-state index is -0.133. The zero-order chi connectivity index (χ0) is 21.2. The maximum Gasteiger partial charge on any atom is 0.251 e. The number of hydrogen-bond acceptors (Lipinski definition) is 4. The van der Waals surface area contributed by atoms with Crippen molar-refractivity contribution in [2.24, 2.45) is 4.99 Å². The molecule has 166 valence electrons. The van der Waals surface area contributed by atoms with Crippen LogP contribution in [0.1, 0.15) is 45.3 Å². The van der Waals surface area contributed by atoms with E-state index in [0.29, 0.717) is 18.7 Å². The number of hydrogen-bond donors (Lipinski definition) is 3. The van der Waals surface area contributed by atoms with Crippen molar-refractivity contribution >= 4 is 47.2 Å². The number of guanidine groups is 1. The van der Waals surface area contributed by atoms with Crippen LogP contribution in [0.15, 0.2) is 64.2 Å². The van der Waals surface area contributed by atoms with Gasteiger partial charge < -0.3 is 20.4 Å². The SMILES string of the molecule is CCNC(=NCc1cccc(C(=O)NCc2ccco2)c1)NCc1ccc(CC)s1.I. The van der Waals surface area contributed by atoms with E-state index in [-0.39, 0.29) is 29.9 Å². The number of aryl methyl sites for hydroxylation is 1. The molecular formula is C23H29IN4O2S. The van der Waals surface area contributed by atoms with Gasteiger partial charge in [0.2, 0.25) is 0 Å². The highest BCUT2D eigenvalue weighted by molar-refractivity contribution is 14.0. The first-order chi connectivity index (χ1) is 14.7. The van der Waals surface area contributed by atoms with E-state index in [1.54, 1.807) is 18.4 Å². The van der Waals surface area contributed by atoms with Gasteiger partial charge in [0.05, 0.1) is 25.9 Å². The fourth-order valence-corrected chi connectivity index (χ4v) is 3.78. The Bertz CT molecular complexity index is 970. The summed E-state index contributed by atoms with van der Waals surface area (Å²) in [7, 11) is 0. The molecule has 0 aliphatic carbocycles. The number of amides is 1. The van der Waals surface area contributed by atoms with Crippen molar-refractivity contribution in [2.45, 2.75) is 39.9 Å². The van der Waals surface area contributed by atoms with Crippen LogP contribution in [-0.4, -0.2) is 18.4 Å². The molecule has 0 fully saturated rings. The summed E-state index contributed by atoms with van der Waals surface area (Å²) in [6, 6.07) is 15.5. The third kappa shape index (κ3) is 8.02. The van der Waals surface area contributed by atoms with E-state index in [0.717, 1.165) is 36.8 Å². The lowest BCUT2D eigenvalue weighted by Crippen LogP contribution is -2.36. The maximum atomic E-state index is 12.4. The Morgan fingerprint density at radius 3 is 2.55 bits per heavy atom. The molecule has 3 aromatic rings. The lowest BCUT2D eigenvalue weighted by Gasteiger charge is -2.11. The number of benzene rings is 1.